The van der Waals surface area contributed by atoms with Crippen molar-refractivity contribution < 1.29 is 14.7 Å². The molecule has 3 amide bonds. The molecule has 7 nitrogen and oxygen atoms in total. The van der Waals surface area contributed by atoms with Gasteiger partial charge in [-0.1, -0.05) is 18.2 Å². The Labute approximate surface area is 149 Å². The van der Waals surface area contributed by atoms with E-state index in [2.05, 4.69) is 21.3 Å². The van der Waals surface area contributed by atoms with Crippen LogP contribution in [0.3, 0.4) is 0 Å². The smallest absolute Gasteiger partial charge is 0.324 e. The predicted molar refractivity (Wildman–Crippen MR) is 98.1 cm³/mol. The van der Waals surface area contributed by atoms with E-state index < -0.39 is 6.10 Å². The van der Waals surface area contributed by atoms with Gasteiger partial charge in [-0.2, -0.15) is 0 Å². The monoisotopic (exact) mass is 360 g/mol. The van der Waals surface area contributed by atoms with E-state index in [0.717, 1.165) is 0 Å². The number of anilines is 2. The molecule has 2 aromatic rings. The number of aliphatic hydroxyl groups excluding tert-OH is 1. The minimum absolute atomic E-state index is 0.0261. The standard InChI is InChI=1S/C17H20N4O3S/c22-13-10-18-8-11(13)9-19-16(23)14-6-7-15(25-14)21-17(24)20-12-4-2-1-3-5-12/h1-7,11,13,18,22H,8-10H2,(H,19,23)(H2,20,21,24). The Morgan fingerprint density at radius 1 is 1.12 bits per heavy atom. The maximum absolute atomic E-state index is 12.2. The van der Waals surface area contributed by atoms with Gasteiger partial charge in [-0.3, -0.25) is 10.1 Å². The Hall–Kier alpha value is -2.42. The van der Waals surface area contributed by atoms with Gasteiger partial charge in [0.25, 0.3) is 5.91 Å². The lowest BCUT2D eigenvalue weighted by atomic mass is 10.1. The summed E-state index contributed by atoms with van der Waals surface area (Å²) in [6.45, 7) is 1.67. The predicted octanol–water partition coefficient (Wildman–Crippen LogP) is 1.70. The van der Waals surface area contributed by atoms with Crippen LogP contribution in [0.15, 0.2) is 42.5 Å². The van der Waals surface area contributed by atoms with Crippen molar-refractivity contribution in [3.8, 4) is 0 Å². The van der Waals surface area contributed by atoms with Gasteiger partial charge in [0.05, 0.1) is 16.0 Å². The molecule has 2 heterocycles. The Morgan fingerprint density at radius 2 is 1.92 bits per heavy atom. The van der Waals surface area contributed by atoms with E-state index in [1.807, 2.05) is 18.2 Å². The van der Waals surface area contributed by atoms with E-state index in [0.29, 0.717) is 35.2 Å². The number of aliphatic hydroxyl groups is 1. The summed E-state index contributed by atoms with van der Waals surface area (Å²) < 4.78 is 0. The second kappa shape index (κ2) is 8.11. The number of hydrogen-bond acceptors (Lipinski definition) is 5. The number of carbonyl (C=O) groups is 2. The lowest BCUT2D eigenvalue weighted by molar-refractivity contribution is 0.0931. The highest BCUT2D eigenvalue weighted by atomic mass is 32.1. The zero-order chi connectivity index (χ0) is 17.6. The first-order valence-corrected chi connectivity index (χ1v) is 8.83. The van der Waals surface area contributed by atoms with Gasteiger partial charge in [0.1, 0.15) is 0 Å². The molecule has 2 unspecified atom stereocenters. The van der Waals surface area contributed by atoms with Gasteiger partial charge in [0, 0.05) is 31.2 Å². The van der Waals surface area contributed by atoms with Gasteiger partial charge in [-0.05, 0) is 24.3 Å². The molecule has 0 spiro atoms. The third-order valence-corrected chi connectivity index (χ3v) is 4.93. The highest BCUT2D eigenvalue weighted by molar-refractivity contribution is 7.18. The van der Waals surface area contributed by atoms with Gasteiger partial charge >= 0.3 is 6.03 Å². The largest absolute Gasteiger partial charge is 0.391 e. The average Bonchev–Trinajstić information content (AvgIpc) is 3.22. The van der Waals surface area contributed by atoms with Crippen LogP contribution in [-0.2, 0) is 0 Å². The maximum atomic E-state index is 12.2. The molecule has 2 atom stereocenters. The van der Waals surface area contributed by atoms with Crippen LogP contribution in [0.2, 0.25) is 0 Å². The number of carbonyl (C=O) groups excluding carboxylic acids is 2. The lowest BCUT2D eigenvalue weighted by Crippen LogP contribution is -2.34. The minimum Gasteiger partial charge on any atom is -0.391 e. The summed E-state index contributed by atoms with van der Waals surface area (Å²) in [6.07, 6.45) is -0.428. The van der Waals surface area contributed by atoms with Crippen molar-refractivity contribution in [2.75, 3.05) is 30.3 Å². The molecule has 0 radical (unpaired) electrons. The second-order valence-corrected chi connectivity index (χ2v) is 6.89. The van der Waals surface area contributed by atoms with Gasteiger partial charge in [-0.25, -0.2) is 4.79 Å². The molecule has 5 N–H and O–H groups in total. The van der Waals surface area contributed by atoms with Crippen molar-refractivity contribution in [2.24, 2.45) is 5.92 Å². The van der Waals surface area contributed by atoms with E-state index >= 15 is 0 Å². The molecule has 0 saturated carbocycles. The summed E-state index contributed by atoms with van der Waals surface area (Å²) >= 11 is 1.20. The van der Waals surface area contributed by atoms with Crippen molar-refractivity contribution in [1.82, 2.24) is 10.6 Å². The number of amides is 3. The van der Waals surface area contributed by atoms with Crippen molar-refractivity contribution in [2.45, 2.75) is 6.10 Å². The van der Waals surface area contributed by atoms with Gasteiger partial charge < -0.3 is 21.1 Å². The van der Waals surface area contributed by atoms with Crippen molar-refractivity contribution in [3.05, 3.63) is 47.3 Å². The number of benzene rings is 1. The Kier molecular flexibility index (Phi) is 5.64. The molecule has 1 aliphatic heterocycles. The van der Waals surface area contributed by atoms with Crippen LogP contribution in [0, 0.1) is 5.92 Å². The average molecular weight is 360 g/mol. The normalized spacial score (nSPS) is 19.4. The third kappa shape index (κ3) is 4.79. The van der Waals surface area contributed by atoms with E-state index in [-0.39, 0.29) is 17.9 Å². The maximum Gasteiger partial charge on any atom is 0.324 e. The number of rotatable bonds is 5. The number of hydrogen-bond donors (Lipinski definition) is 5. The Balaban J connectivity index is 1.49. The quantitative estimate of drug-likeness (QED) is 0.560. The van der Waals surface area contributed by atoms with Gasteiger partial charge in [0.2, 0.25) is 0 Å². The number of nitrogens with one attached hydrogen (secondary N) is 4. The molecule has 1 aliphatic rings. The first-order chi connectivity index (χ1) is 12.1. The van der Waals surface area contributed by atoms with Crippen LogP contribution < -0.4 is 21.3 Å². The summed E-state index contributed by atoms with van der Waals surface area (Å²) in [6, 6.07) is 12.1. The highest BCUT2D eigenvalue weighted by Gasteiger charge is 2.25. The molecule has 0 aliphatic carbocycles. The first-order valence-electron chi connectivity index (χ1n) is 8.01. The molecular formula is C17H20N4O3S. The fraction of sp³-hybridized carbons (Fsp3) is 0.294. The summed E-state index contributed by atoms with van der Waals surface area (Å²) in [5.74, 6) is -0.182. The van der Waals surface area contributed by atoms with Gasteiger partial charge in [-0.15, -0.1) is 11.3 Å². The summed E-state index contributed by atoms with van der Waals surface area (Å²) in [5, 5.41) is 21.6. The molecule has 1 saturated heterocycles. The Morgan fingerprint density at radius 3 is 2.64 bits per heavy atom. The zero-order valence-electron chi connectivity index (χ0n) is 13.5. The van der Waals surface area contributed by atoms with Gasteiger partial charge in [0.15, 0.2) is 0 Å². The van der Waals surface area contributed by atoms with Crippen molar-refractivity contribution in [3.63, 3.8) is 0 Å². The Bertz CT molecular complexity index is 735. The number of thiophene rings is 1. The zero-order valence-corrected chi connectivity index (χ0v) is 14.3. The summed E-state index contributed by atoms with van der Waals surface area (Å²) in [7, 11) is 0. The summed E-state index contributed by atoms with van der Waals surface area (Å²) in [4.78, 5) is 24.6. The fourth-order valence-electron chi connectivity index (χ4n) is 2.56. The minimum atomic E-state index is -0.428. The molecule has 0 bridgehead atoms. The number of β-amino-alcohol motifs (C(OH)–C–C–N with tert-alkyl or cyclic N) is 1. The van der Waals surface area contributed by atoms with Crippen LogP contribution in [-0.4, -0.2) is 42.8 Å². The van der Waals surface area contributed by atoms with E-state index in [9.17, 15) is 14.7 Å². The molecule has 132 valence electrons. The SMILES string of the molecule is O=C(Nc1ccccc1)Nc1ccc(C(=O)NCC2CNCC2O)s1. The van der Waals surface area contributed by atoms with Crippen LogP contribution in [0.5, 0.6) is 0 Å². The van der Waals surface area contributed by atoms with Crippen LogP contribution in [0.4, 0.5) is 15.5 Å². The van der Waals surface area contributed by atoms with Crippen LogP contribution >= 0.6 is 11.3 Å². The van der Waals surface area contributed by atoms with Crippen LogP contribution in [0.1, 0.15) is 9.67 Å². The fourth-order valence-corrected chi connectivity index (χ4v) is 3.38. The molecule has 25 heavy (non-hydrogen) atoms. The lowest BCUT2D eigenvalue weighted by Gasteiger charge is -2.13. The molecular weight excluding hydrogens is 340 g/mol. The summed E-state index contributed by atoms with van der Waals surface area (Å²) in [5.41, 5.74) is 0.693. The number of urea groups is 1. The molecule has 1 aromatic heterocycles. The van der Waals surface area contributed by atoms with E-state index in [4.69, 9.17) is 0 Å². The molecule has 1 fully saturated rings. The highest BCUT2D eigenvalue weighted by Crippen LogP contribution is 2.22. The topological polar surface area (TPSA) is 102 Å². The van der Waals surface area contributed by atoms with Crippen LogP contribution in [0.25, 0.3) is 0 Å². The molecule has 1 aromatic carbocycles. The van der Waals surface area contributed by atoms with Crippen molar-refractivity contribution >= 4 is 34.0 Å². The van der Waals surface area contributed by atoms with E-state index in [1.54, 1.807) is 24.3 Å². The first kappa shape index (κ1) is 17.4. The van der Waals surface area contributed by atoms with E-state index in [1.165, 1.54) is 11.3 Å². The third-order valence-electron chi connectivity index (χ3n) is 3.93. The second-order valence-electron chi connectivity index (χ2n) is 5.80. The molecule has 3 rings (SSSR count). The molecule has 8 heteroatoms. The van der Waals surface area contributed by atoms with Crippen molar-refractivity contribution in [1.29, 1.82) is 0 Å². The number of para-hydroxylation sites is 1.